The van der Waals surface area contributed by atoms with Crippen LogP contribution in [0.1, 0.15) is 19.2 Å². The number of hydrogen-bond donors (Lipinski definition) is 1. The lowest BCUT2D eigenvalue weighted by atomic mass is 10.2. The highest BCUT2D eigenvalue weighted by Gasteiger charge is 2.21. The van der Waals surface area contributed by atoms with E-state index in [-0.39, 0.29) is 6.03 Å². The van der Waals surface area contributed by atoms with Crippen molar-refractivity contribution in [2.45, 2.75) is 19.8 Å². The molecule has 1 aromatic heterocycles. The van der Waals surface area contributed by atoms with Gasteiger partial charge in [0.05, 0.1) is 0 Å². The van der Waals surface area contributed by atoms with Crippen LogP contribution in [-0.2, 0) is 6.42 Å². The average Bonchev–Trinajstić information content (AvgIpc) is 3.08. The van der Waals surface area contributed by atoms with E-state index in [0.29, 0.717) is 24.8 Å². The lowest BCUT2D eigenvalue weighted by Gasteiger charge is -2.14. The van der Waals surface area contributed by atoms with Crippen LogP contribution in [0.3, 0.4) is 0 Å². The molecule has 6 heteroatoms. The van der Waals surface area contributed by atoms with Gasteiger partial charge in [-0.1, -0.05) is 18.1 Å². The molecule has 3 rings (SSSR count). The third kappa shape index (κ3) is 2.36. The van der Waals surface area contributed by atoms with E-state index in [1.165, 1.54) is 0 Å². The minimum atomic E-state index is -0.0700. The summed E-state index contributed by atoms with van der Waals surface area (Å²) in [6.45, 7) is 3.42. The fourth-order valence-corrected chi connectivity index (χ4v) is 2.22. The van der Waals surface area contributed by atoms with E-state index in [1.807, 2.05) is 24.3 Å². The zero-order chi connectivity index (χ0) is 13.9. The fourth-order valence-electron chi connectivity index (χ4n) is 2.22. The molecule has 104 valence electrons. The first-order valence-electron chi connectivity index (χ1n) is 6.76. The van der Waals surface area contributed by atoms with E-state index in [0.717, 1.165) is 24.1 Å². The van der Waals surface area contributed by atoms with Gasteiger partial charge >= 0.3 is 6.03 Å². The molecular weight excluding hydrogens is 256 g/mol. The molecule has 1 aliphatic rings. The largest absolute Gasteiger partial charge is 0.336 e. The summed E-state index contributed by atoms with van der Waals surface area (Å²) in [5.74, 6) is 1.21. The zero-order valence-electron chi connectivity index (χ0n) is 11.3. The fraction of sp³-hybridized carbons (Fsp3) is 0.357. The molecule has 0 saturated carbocycles. The van der Waals surface area contributed by atoms with Gasteiger partial charge in [0, 0.05) is 30.8 Å². The molecule has 0 unspecified atom stereocenters. The van der Waals surface area contributed by atoms with Crippen LogP contribution < -0.4 is 10.2 Å². The maximum absolute atomic E-state index is 11.7. The van der Waals surface area contributed by atoms with Gasteiger partial charge in [0.1, 0.15) is 0 Å². The second-order valence-electron chi connectivity index (χ2n) is 4.70. The normalized spacial score (nSPS) is 14.7. The number of hydrogen-bond acceptors (Lipinski definition) is 4. The number of amides is 2. The molecule has 6 nitrogen and oxygen atoms in total. The second kappa shape index (κ2) is 5.32. The molecule has 2 aromatic rings. The van der Waals surface area contributed by atoms with Crippen LogP contribution >= 0.6 is 0 Å². The van der Waals surface area contributed by atoms with Gasteiger partial charge in [0.2, 0.25) is 0 Å². The minimum absolute atomic E-state index is 0.0700. The Morgan fingerprint density at radius 1 is 1.45 bits per heavy atom. The van der Waals surface area contributed by atoms with Crippen molar-refractivity contribution in [3.05, 3.63) is 30.1 Å². The average molecular weight is 272 g/mol. The highest BCUT2D eigenvalue weighted by atomic mass is 16.5. The number of aromatic nitrogens is 2. The van der Waals surface area contributed by atoms with Gasteiger partial charge in [-0.2, -0.15) is 4.98 Å². The summed E-state index contributed by atoms with van der Waals surface area (Å²) in [4.78, 5) is 17.7. The van der Waals surface area contributed by atoms with Crippen molar-refractivity contribution in [1.82, 2.24) is 15.5 Å². The van der Waals surface area contributed by atoms with Crippen molar-refractivity contribution in [2.24, 2.45) is 0 Å². The molecule has 1 N–H and O–H groups in total. The first-order chi connectivity index (χ1) is 9.78. The van der Waals surface area contributed by atoms with Gasteiger partial charge in [-0.05, 0) is 24.6 Å². The highest BCUT2D eigenvalue weighted by molar-refractivity contribution is 5.94. The molecule has 1 aromatic carbocycles. The Morgan fingerprint density at radius 2 is 2.35 bits per heavy atom. The lowest BCUT2D eigenvalue weighted by Crippen LogP contribution is -2.27. The molecule has 0 radical (unpaired) electrons. The van der Waals surface area contributed by atoms with E-state index >= 15 is 0 Å². The van der Waals surface area contributed by atoms with Crippen molar-refractivity contribution in [3.8, 4) is 11.5 Å². The Balaban J connectivity index is 1.88. The third-order valence-corrected chi connectivity index (χ3v) is 3.20. The summed E-state index contributed by atoms with van der Waals surface area (Å²) in [7, 11) is 0. The summed E-state index contributed by atoms with van der Waals surface area (Å²) in [6.07, 6.45) is 1.78. The van der Waals surface area contributed by atoms with Crippen LogP contribution in [0.4, 0.5) is 10.5 Å². The molecule has 0 spiro atoms. The Morgan fingerprint density at radius 3 is 3.10 bits per heavy atom. The molecule has 0 atom stereocenters. The summed E-state index contributed by atoms with van der Waals surface area (Å²) in [5, 5.41) is 6.73. The van der Waals surface area contributed by atoms with Crippen molar-refractivity contribution in [2.75, 3.05) is 18.0 Å². The molecule has 1 saturated heterocycles. The molecule has 1 aliphatic heterocycles. The van der Waals surface area contributed by atoms with E-state index in [1.54, 1.807) is 4.90 Å². The van der Waals surface area contributed by atoms with Gasteiger partial charge in [-0.15, -0.1) is 0 Å². The van der Waals surface area contributed by atoms with Gasteiger partial charge < -0.3 is 9.84 Å². The maximum atomic E-state index is 11.7. The third-order valence-electron chi connectivity index (χ3n) is 3.20. The van der Waals surface area contributed by atoms with Crippen molar-refractivity contribution < 1.29 is 9.32 Å². The van der Waals surface area contributed by atoms with Crippen LogP contribution in [0.15, 0.2) is 28.8 Å². The number of anilines is 1. The standard InChI is InChI=1S/C14H16N4O2/c1-2-4-12-16-13(20-17-12)10-5-3-6-11(9-10)18-8-7-15-14(18)19/h3,5-6,9H,2,4,7-8H2,1H3,(H,15,19). The molecule has 0 bridgehead atoms. The molecule has 2 heterocycles. The van der Waals surface area contributed by atoms with Gasteiger partial charge in [-0.3, -0.25) is 4.90 Å². The molecular formula is C14H16N4O2. The van der Waals surface area contributed by atoms with E-state index in [4.69, 9.17) is 4.52 Å². The van der Waals surface area contributed by atoms with Gasteiger partial charge in [0.25, 0.3) is 5.89 Å². The number of benzene rings is 1. The Kier molecular flexibility index (Phi) is 3.37. The summed E-state index contributed by atoms with van der Waals surface area (Å²) in [5.41, 5.74) is 1.67. The Hall–Kier alpha value is -2.37. The van der Waals surface area contributed by atoms with E-state index in [2.05, 4.69) is 22.4 Å². The first-order valence-corrected chi connectivity index (χ1v) is 6.76. The Labute approximate surface area is 116 Å². The number of urea groups is 1. The van der Waals surface area contributed by atoms with Crippen LogP contribution in [0.5, 0.6) is 0 Å². The predicted molar refractivity (Wildman–Crippen MR) is 74.5 cm³/mol. The van der Waals surface area contributed by atoms with Gasteiger partial charge in [-0.25, -0.2) is 4.79 Å². The smallest absolute Gasteiger partial charge is 0.321 e. The second-order valence-corrected chi connectivity index (χ2v) is 4.70. The molecule has 2 amide bonds. The number of nitrogens with one attached hydrogen (secondary N) is 1. The van der Waals surface area contributed by atoms with Crippen LogP contribution in [0.25, 0.3) is 11.5 Å². The van der Waals surface area contributed by atoms with Crippen LogP contribution in [-0.4, -0.2) is 29.3 Å². The summed E-state index contributed by atoms with van der Waals surface area (Å²) in [6, 6.07) is 7.52. The minimum Gasteiger partial charge on any atom is -0.336 e. The summed E-state index contributed by atoms with van der Waals surface area (Å²) < 4.78 is 5.27. The molecule has 20 heavy (non-hydrogen) atoms. The number of carbonyl (C=O) groups excluding carboxylic acids is 1. The van der Waals surface area contributed by atoms with Crippen molar-refractivity contribution in [1.29, 1.82) is 0 Å². The zero-order valence-corrected chi connectivity index (χ0v) is 11.3. The quantitative estimate of drug-likeness (QED) is 0.926. The number of carbonyl (C=O) groups is 1. The molecule has 0 aliphatic carbocycles. The summed E-state index contributed by atoms with van der Waals surface area (Å²) >= 11 is 0. The monoisotopic (exact) mass is 272 g/mol. The lowest BCUT2D eigenvalue weighted by molar-refractivity contribution is 0.252. The maximum Gasteiger partial charge on any atom is 0.321 e. The number of aryl methyl sites for hydroxylation is 1. The van der Waals surface area contributed by atoms with Gasteiger partial charge in [0.15, 0.2) is 5.82 Å². The topological polar surface area (TPSA) is 71.3 Å². The Bertz CT molecular complexity index is 623. The van der Waals surface area contributed by atoms with Crippen molar-refractivity contribution in [3.63, 3.8) is 0 Å². The predicted octanol–water partition coefficient (Wildman–Crippen LogP) is 2.22. The SMILES string of the molecule is CCCc1noc(-c2cccc(N3CCNC3=O)c2)n1. The molecule has 1 fully saturated rings. The van der Waals surface area contributed by atoms with E-state index < -0.39 is 0 Å². The highest BCUT2D eigenvalue weighted by Crippen LogP contribution is 2.24. The number of nitrogens with zero attached hydrogens (tertiary/aromatic N) is 3. The number of rotatable bonds is 4. The van der Waals surface area contributed by atoms with Crippen LogP contribution in [0, 0.1) is 0 Å². The first kappa shape index (κ1) is 12.7. The van der Waals surface area contributed by atoms with E-state index in [9.17, 15) is 4.79 Å². The van der Waals surface area contributed by atoms with Crippen LogP contribution in [0.2, 0.25) is 0 Å². The van der Waals surface area contributed by atoms with Crippen molar-refractivity contribution >= 4 is 11.7 Å².